The number of amides is 1. The zero-order valence-electron chi connectivity index (χ0n) is 16.1. The zero-order valence-corrected chi connectivity index (χ0v) is 16.1. The third kappa shape index (κ3) is 5.68. The molecule has 2 heterocycles. The van der Waals surface area contributed by atoms with E-state index in [-0.39, 0.29) is 29.5 Å². The minimum Gasteiger partial charge on any atom is -0.477 e. The molecular weight excluding hydrogens is 377 g/mol. The van der Waals surface area contributed by atoms with Crippen LogP contribution in [0.1, 0.15) is 5.76 Å². The molecule has 0 bridgehead atoms. The second kappa shape index (κ2) is 9.88. The van der Waals surface area contributed by atoms with E-state index >= 15 is 0 Å². The van der Waals surface area contributed by atoms with E-state index in [9.17, 15) is 14.0 Å². The Balaban J connectivity index is 1.50. The summed E-state index contributed by atoms with van der Waals surface area (Å²) in [5.41, 5.74) is 0.269. The maximum Gasteiger partial charge on any atom is 0.258 e. The molecule has 1 aromatic heterocycles. The van der Waals surface area contributed by atoms with Crippen molar-refractivity contribution >= 4 is 11.6 Å². The van der Waals surface area contributed by atoms with Crippen molar-refractivity contribution in [3.05, 3.63) is 71.1 Å². The van der Waals surface area contributed by atoms with Gasteiger partial charge < -0.3 is 19.4 Å². The van der Waals surface area contributed by atoms with Gasteiger partial charge in [-0.1, -0.05) is 18.2 Å². The predicted octanol–water partition coefficient (Wildman–Crippen LogP) is 1.78. The van der Waals surface area contributed by atoms with Crippen LogP contribution < -0.4 is 20.4 Å². The van der Waals surface area contributed by atoms with Gasteiger partial charge in [0, 0.05) is 38.8 Å². The lowest BCUT2D eigenvalue weighted by molar-refractivity contribution is -0.122. The number of nitrogens with one attached hydrogen (secondary N) is 1. The maximum absolute atomic E-state index is 13.9. The molecule has 1 saturated heterocycles. The van der Waals surface area contributed by atoms with E-state index in [4.69, 9.17) is 9.15 Å². The van der Waals surface area contributed by atoms with Crippen molar-refractivity contribution in [1.29, 1.82) is 0 Å². The van der Waals surface area contributed by atoms with Crippen molar-refractivity contribution in [2.45, 2.75) is 6.54 Å². The summed E-state index contributed by atoms with van der Waals surface area (Å²) in [6.45, 7) is 6.86. The van der Waals surface area contributed by atoms with E-state index in [1.165, 1.54) is 18.4 Å². The molecule has 29 heavy (non-hydrogen) atoms. The number of hydrogen-bond acceptors (Lipinski definition) is 6. The van der Waals surface area contributed by atoms with Gasteiger partial charge in [0.05, 0.1) is 12.2 Å². The van der Waals surface area contributed by atoms with Crippen LogP contribution in [0, 0.1) is 5.82 Å². The van der Waals surface area contributed by atoms with Gasteiger partial charge in [0.15, 0.2) is 6.61 Å². The molecule has 0 unspecified atom stereocenters. The van der Waals surface area contributed by atoms with E-state index in [2.05, 4.69) is 16.8 Å². The topological polar surface area (TPSA) is 75.0 Å². The first-order valence-electron chi connectivity index (χ1n) is 9.41. The highest BCUT2D eigenvalue weighted by Crippen LogP contribution is 2.20. The number of piperazine rings is 1. The number of benzene rings is 1. The van der Waals surface area contributed by atoms with Gasteiger partial charge in [-0.2, -0.15) is 0 Å². The molecule has 1 aliphatic rings. The highest BCUT2D eigenvalue weighted by Gasteiger charge is 2.20. The standard InChI is InChI=1S/C21H24FN3O4/c1-2-7-23-21(27)15-29-20-14-28-16(12-19(20)26)13-24-8-10-25(11-9-24)18-6-4-3-5-17(18)22/h2-6,12,14H,1,7-11,13,15H2,(H,23,27). The van der Waals surface area contributed by atoms with Gasteiger partial charge in [-0.3, -0.25) is 14.5 Å². The molecule has 3 rings (SSSR count). The van der Waals surface area contributed by atoms with Crippen LogP contribution in [0.5, 0.6) is 5.75 Å². The Hall–Kier alpha value is -3.13. The second-order valence-electron chi connectivity index (χ2n) is 6.67. The molecule has 2 aromatic rings. The van der Waals surface area contributed by atoms with Crippen molar-refractivity contribution < 1.29 is 18.3 Å². The SMILES string of the molecule is C=CCNC(=O)COc1coc(CN2CCN(c3ccccc3F)CC2)cc1=O. The van der Waals surface area contributed by atoms with Gasteiger partial charge in [-0.25, -0.2) is 4.39 Å². The predicted molar refractivity (Wildman–Crippen MR) is 108 cm³/mol. The quantitative estimate of drug-likeness (QED) is 0.680. The summed E-state index contributed by atoms with van der Waals surface area (Å²) < 4.78 is 24.6. The van der Waals surface area contributed by atoms with Gasteiger partial charge in [-0.05, 0) is 12.1 Å². The third-order valence-corrected chi connectivity index (χ3v) is 4.60. The van der Waals surface area contributed by atoms with Gasteiger partial charge in [-0.15, -0.1) is 6.58 Å². The Morgan fingerprint density at radius 1 is 1.28 bits per heavy atom. The Morgan fingerprint density at radius 3 is 2.72 bits per heavy atom. The number of rotatable bonds is 8. The Labute approximate surface area is 168 Å². The minimum atomic E-state index is -0.346. The fourth-order valence-corrected chi connectivity index (χ4v) is 3.08. The first kappa shape index (κ1) is 20.6. The van der Waals surface area contributed by atoms with E-state index in [0.29, 0.717) is 37.6 Å². The summed E-state index contributed by atoms with van der Waals surface area (Å²) in [6, 6.07) is 8.12. The fourth-order valence-electron chi connectivity index (χ4n) is 3.08. The third-order valence-electron chi connectivity index (χ3n) is 4.60. The Kier molecular flexibility index (Phi) is 7.02. The number of carbonyl (C=O) groups is 1. The first-order chi connectivity index (χ1) is 14.1. The minimum absolute atomic E-state index is 0.00752. The van der Waals surface area contributed by atoms with E-state index in [1.807, 2.05) is 11.0 Å². The van der Waals surface area contributed by atoms with Gasteiger partial charge in [0.1, 0.15) is 17.8 Å². The normalized spacial score (nSPS) is 14.4. The molecule has 154 valence electrons. The summed E-state index contributed by atoms with van der Waals surface area (Å²) in [5, 5.41) is 2.56. The van der Waals surface area contributed by atoms with Gasteiger partial charge >= 0.3 is 0 Å². The van der Waals surface area contributed by atoms with Crippen LogP contribution in [0.25, 0.3) is 0 Å². The zero-order chi connectivity index (χ0) is 20.6. The monoisotopic (exact) mass is 401 g/mol. The summed E-state index contributed by atoms with van der Waals surface area (Å²) >= 11 is 0. The van der Waals surface area contributed by atoms with E-state index in [0.717, 1.165) is 13.1 Å². The average Bonchev–Trinajstić information content (AvgIpc) is 2.73. The summed E-state index contributed by atoms with van der Waals surface area (Å²) in [6.07, 6.45) is 2.78. The molecule has 1 aromatic carbocycles. The van der Waals surface area contributed by atoms with Crippen molar-refractivity contribution in [2.24, 2.45) is 0 Å². The van der Waals surface area contributed by atoms with Crippen LogP contribution in [0.15, 0.2) is 58.5 Å². The maximum atomic E-state index is 13.9. The van der Waals surface area contributed by atoms with Crippen LogP contribution in [0.4, 0.5) is 10.1 Å². The molecule has 1 amide bonds. The van der Waals surface area contributed by atoms with E-state index < -0.39 is 0 Å². The number of nitrogens with zero attached hydrogens (tertiary/aromatic N) is 2. The number of carbonyl (C=O) groups excluding carboxylic acids is 1. The number of ether oxygens (including phenoxy) is 1. The number of anilines is 1. The Morgan fingerprint density at radius 2 is 2.03 bits per heavy atom. The molecule has 0 atom stereocenters. The van der Waals surface area contributed by atoms with Gasteiger partial charge in [0.25, 0.3) is 5.91 Å². The summed E-state index contributed by atoms with van der Waals surface area (Å²) in [7, 11) is 0. The summed E-state index contributed by atoms with van der Waals surface area (Å²) in [5.74, 6) is -0.0634. The first-order valence-corrected chi connectivity index (χ1v) is 9.41. The van der Waals surface area contributed by atoms with Crippen LogP contribution in [0.2, 0.25) is 0 Å². The van der Waals surface area contributed by atoms with Crippen molar-refractivity contribution in [3.63, 3.8) is 0 Å². The lowest BCUT2D eigenvalue weighted by Gasteiger charge is -2.35. The van der Waals surface area contributed by atoms with Gasteiger partial charge in [0.2, 0.25) is 11.2 Å². The van der Waals surface area contributed by atoms with Crippen LogP contribution >= 0.6 is 0 Å². The van der Waals surface area contributed by atoms with Crippen LogP contribution in [0.3, 0.4) is 0 Å². The van der Waals surface area contributed by atoms with Crippen LogP contribution in [-0.4, -0.2) is 50.1 Å². The molecule has 1 fully saturated rings. The van der Waals surface area contributed by atoms with Crippen molar-refractivity contribution in [1.82, 2.24) is 10.2 Å². The lowest BCUT2D eigenvalue weighted by Crippen LogP contribution is -2.46. The molecule has 1 N–H and O–H groups in total. The lowest BCUT2D eigenvalue weighted by atomic mass is 10.2. The smallest absolute Gasteiger partial charge is 0.258 e. The number of hydrogen-bond donors (Lipinski definition) is 1. The Bertz CT molecular complexity index is 907. The number of para-hydroxylation sites is 1. The fraction of sp³-hybridized carbons (Fsp3) is 0.333. The molecule has 0 aliphatic carbocycles. The largest absolute Gasteiger partial charge is 0.477 e. The number of halogens is 1. The average molecular weight is 401 g/mol. The summed E-state index contributed by atoms with van der Waals surface area (Å²) in [4.78, 5) is 27.8. The molecule has 0 saturated carbocycles. The van der Waals surface area contributed by atoms with Crippen LogP contribution in [-0.2, 0) is 11.3 Å². The van der Waals surface area contributed by atoms with Crippen molar-refractivity contribution in [2.75, 3.05) is 44.2 Å². The van der Waals surface area contributed by atoms with E-state index in [1.54, 1.807) is 18.2 Å². The second-order valence-corrected chi connectivity index (χ2v) is 6.67. The molecule has 7 nitrogen and oxygen atoms in total. The molecular formula is C21H24FN3O4. The van der Waals surface area contributed by atoms with Crippen molar-refractivity contribution in [3.8, 4) is 5.75 Å². The molecule has 1 aliphatic heterocycles. The molecule has 0 radical (unpaired) electrons. The highest BCUT2D eigenvalue weighted by molar-refractivity contribution is 5.77. The molecule has 8 heteroatoms. The molecule has 0 spiro atoms. The highest BCUT2D eigenvalue weighted by atomic mass is 19.1.